The van der Waals surface area contributed by atoms with E-state index in [9.17, 15) is 0 Å². The van der Waals surface area contributed by atoms with Crippen molar-refractivity contribution < 1.29 is 4.74 Å². The van der Waals surface area contributed by atoms with E-state index in [1.54, 1.807) is 19.5 Å². The van der Waals surface area contributed by atoms with Crippen molar-refractivity contribution in [1.29, 1.82) is 0 Å². The fourth-order valence-corrected chi connectivity index (χ4v) is 2.84. The fourth-order valence-electron chi connectivity index (χ4n) is 2.84. The minimum atomic E-state index is 0.713. The molecule has 0 amide bonds. The van der Waals surface area contributed by atoms with E-state index in [-0.39, 0.29) is 0 Å². The maximum Gasteiger partial charge on any atom is 0.118 e. The van der Waals surface area contributed by atoms with Gasteiger partial charge >= 0.3 is 0 Å². The van der Waals surface area contributed by atoms with Gasteiger partial charge in [-0.25, -0.2) is 0 Å². The van der Waals surface area contributed by atoms with E-state index in [2.05, 4.69) is 48.8 Å². The van der Waals surface area contributed by atoms with Crippen molar-refractivity contribution in [3.63, 3.8) is 0 Å². The number of aliphatic imine (C=N–C) groups is 1. The first-order valence-electron chi connectivity index (χ1n) is 8.48. The molecule has 130 valence electrons. The molecular formula is C23H22N2O. The van der Waals surface area contributed by atoms with Crippen molar-refractivity contribution in [2.75, 3.05) is 7.11 Å². The van der Waals surface area contributed by atoms with Crippen LogP contribution in [0, 0.1) is 6.92 Å². The van der Waals surface area contributed by atoms with Gasteiger partial charge in [0.05, 0.1) is 12.8 Å². The number of aromatic nitrogens is 1. The molecule has 0 saturated heterocycles. The van der Waals surface area contributed by atoms with Gasteiger partial charge in [-0.05, 0) is 66.4 Å². The van der Waals surface area contributed by atoms with Gasteiger partial charge in [-0.3, -0.25) is 9.98 Å². The molecule has 0 aliphatic rings. The van der Waals surface area contributed by atoms with Crippen molar-refractivity contribution in [2.24, 2.45) is 4.99 Å². The quantitative estimate of drug-likeness (QED) is 0.570. The number of aryl methyl sites for hydroxylation is 1. The normalized spacial score (nSPS) is 11.3. The number of hydrogen-bond donors (Lipinski definition) is 0. The van der Waals surface area contributed by atoms with E-state index in [1.165, 1.54) is 5.56 Å². The van der Waals surface area contributed by atoms with Gasteiger partial charge in [0, 0.05) is 23.7 Å². The summed E-state index contributed by atoms with van der Waals surface area (Å²) in [5.41, 5.74) is 7.17. The number of rotatable bonds is 5. The Bertz CT molecular complexity index is 942. The second-order valence-corrected chi connectivity index (χ2v) is 6.14. The smallest absolute Gasteiger partial charge is 0.118 e. The van der Waals surface area contributed by atoms with Crippen LogP contribution in [0.5, 0.6) is 5.75 Å². The molecule has 3 rings (SSSR count). The third-order valence-electron chi connectivity index (χ3n) is 4.35. The summed E-state index contributed by atoms with van der Waals surface area (Å²) in [5, 5.41) is 0. The molecule has 26 heavy (non-hydrogen) atoms. The van der Waals surface area contributed by atoms with Crippen molar-refractivity contribution in [3.8, 4) is 16.9 Å². The van der Waals surface area contributed by atoms with E-state index in [0.29, 0.717) is 5.70 Å². The van der Waals surface area contributed by atoms with Gasteiger partial charge in [0.15, 0.2) is 0 Å². The molecule has 3 aromatic rings. The van der Waals surface area contributed by atoms with Crippen LogP contribution in [0.1, 0.15) is 23.6 Å². The van der Waals surface area contributed by atoms with Gasteiger partial charge in [-0.1, -0.05) is 30.8 Å². The lowest BCUT2D eigenvalue weighted by Crippen LogP contribution is -1.99. The van der Waals surface area contributed by atoms with E-state index in [4.69, 9.17) is 9.73 Å². The van der Waals surface area contributed by atoms with Crippen LogP contribution in [0.25, 0.3) is 16.8 Å². The number of benzene rings is 2. The van der Waals surface area contributed by atoms with Crippen LogP contribution in [0.15, 0.2) is 78.6 Å². The van der Waals surface area contributed by atoms with Gasteiger partial charge < -0.3 is 4.74 Å². The summed E-state index contributed by atoms with van der Waals surface area (Å²) in [7, 11) is 1.67. The Balaban J connectivity index is 1.94. The van der Waals surface area contributed by atoms with Crippen molar-refractivity contribution in [1.82, 2.24) is 4.98 Å². The average molecular weight is 342 g/mol. The zero-order chi connectivity index (χ0) is 18.5. The highest BCUT2D eigenvalue weighted by Crippen LogP contribution is 2.25. The average Bonchev–Trinajstić information content (AvgIpc) is 2.69. The molecule has 0 aliphatic heterocycles. The summed E-state index contributed by atoms with van der Waals surface area (Å²) < 4.78 is 5.24. The highest BCUT2D eigenvalue weighted by atomic mass is 16.5. The second kappa shape index (κ2) is 7.79. The van der Waals surface area contributed by atoms with E-state index >= 15 is 0 Å². The lowest BCUT2D eigenvalue weighted by Gasteiger charge is -2.10. The number of nitrogens with zero attached hydrogens (tertiary/aromatic N) is 2. The van der Waals surface area contributed by atoms with Crippen molar-refractivity contribution >= 4 is 11.4 Å². The highest BCUT2D eigenvalue weighted by molar-refractivity contribution is 6.03. The summed E-state index contributed by atoms with van der Waals surface area (Å²) in [6.45, 7) is 8.19. The van der Waals surface area contributed by atoms with E-state index in [1.807, 2.05) is 31.2 Å². The Morgan fingerprint density at radius 1 is 1.04 bits per heavy atom. The van der Waals surface area contributed by atoms with Gasteiger partial charge in [0.25, 0.3) is 0 Å². The lowest BCUT2D eigenvalue weighted by molar-refractivity contribution is 0.415. The molecule has 3 heteroatoms. The maximum atomic E-state index is 5.24. The third-order valence-corrected chi connectivity index (χ3v) is 4.35. The molecule has 0 saturated carbocycles. The number of pyridine rings is 1. The van der Waals surface area contributed by atoms with Crippen LogP contribution in [0.4, 0.5) is 0 Å². The molecule has 0 atom stereocenters. The maximum absolute atomic E-state index is 5.24. The van der Waals surface area contributed by atoms with E-state index in [0.717, 1.165) is 33.7 Å². The molecule has 0 spiro atoms. The predicted molar refractivity (Wildman–Crippen MR) is 109 cm³/mol. The van der Waals surface area contributed by atoms with Crippen LogP contribution in [-0.2, 0) is 0 Å². The minimum absolute atomic E-state index is 0.713. The van der Waals surface area contributed by atoms with Crippen LogP contribution < -0.4 is 4.74 Å². The first kappa shape index (κ1) is 17.6. The molecule has 0 unspecified atom stereocenters. The summed E-state index contributed by atoms with van der Waals surface area (Å²) in [4.78, 5) is 8.83. The predicted octanol–water partition coefficient (Wildman–Crippen LogP) is 5.55. The molecule has 0 bridgehead atoms. The molecule has 1 heterocycles. The zero-order valence-corrected chi connectivity index (χ0v) is 15.4. The Hall–Kier alpha value is -3.20. The molecule has 0 radical (unpaired) electrons. The van der Waals surface area contributed by atoms with Gasteiger partial charge in [0.2, 0.25) is 0 Å². The summed E-state index contributed by atoms with van der Waals surface area (Å²) in [5.74, 6) is 0.853. The fraction of sp³-hybridized carbons (Fsp3) is 0.130. The standard InChI is InChI=1S/C23H22N2O/c1-16-7-8-20(19-9-11-22(26-4)12-10-19)14-23(16)18(3)25-17(2)21-6-5-13-24-15-21/h5-15H,2H2,1,3-4H3. The van der Waals surface area contributed by atoms with Crippen LogP contribution >= 0.6 is 0 Å². The van der Waals surface area contributed by atoms with Crippen LogP contribution in [0.3, 0.4) is 0 Å². The SMILES string of the molecule is C=C(N=C(C)c1cc(-c2ccc(OC)cc2)ccc1C)c1cccnc1. The highest BCUT2D eigenvalue weighted by Gasteiger charge is 2.07. The number of methoxy groups -OCH3 is 1. The molecule has 1 aromatic heterocycles. The Kier molecular flexibility index (Phi) is 5.28. The summed E-state index contributed by atoms with van der Waals surface area (Å²) in [6.07, 6.45) is 3.52. The van der Waals surface area contributed by atoms with Gasteiger partial charge in [-0.15, -0.1) is 0 Å². The third kappa shape index (κ3) is 3.89. The monoisotopic (exact) mass is 342 g/mol. The lowest BCUT2D eigenvalue weighted by atomic mass is 9.97. The van der Waals surface area contributed by atoms with Crippen molar-refractivity contribution in [3.05, 3.63) is 90.3 Å². The molecule has 0 aliphatic carbocycles. The molecule has 0 fully saturated rings. The summed E-state index contributed by atoms with van der Waals surface area (Å²) in [6, 6.07) is 18.4. The molecular weight excluding hydrogens is 320 g/mol. The number of hydrogen-bond acceptors (Lipinski definition) is 3. The second-order valence-electron chi connectivity index (χ2n) is 6.14. The first-order valence-corrected chi connectivity index (χ1v) is 8.48. The minimum Gasteiger partial charge on any atom is -0.497 e. The largest absolute Gasteiger partial charge is 0.497 e. The molecule has 3 nitrogen and oxygen atoms in total. The summed E-state index contributed by atoms with van der Waals surface area (Å²) >= 11 is 0. The van der Waals surface area contributed by atoms with Gasteiger partial charge in [0.1, 0.15) is 5.75 Å². The molecule has 2 aromatic carbocycles. The van der Waals surface area contributed by atoms with Crippen LogP contribution in [0.2, 0.25) is 0 Å². The number of ether oxygens (including phenoxy) is 1. The Morgan fingerprint density at radius 3 is 2.42 bits per heavy atom. The van der Waals surface area contributed by atoms with Crippen LogP contribution in [-0.4, -0.2) is 17.8 Å². The van der Waals surface area contributed by atoms with Crippen molar-refractivity contribution in [2.45, 2.75) is 13.8 Å². The molecule has 0 N–H and O–H groups in total. The topological polar surface area (TPSA) is 34.5 Å². The van der Waals surface area contributed by atoms with E-state index < -0.39 is 0 Å². The Morgan fingerprint density at radius 2 is 1.77 bits per heavy atom. The Labute approximate surface area is 154 Å². The first-order chi connectivity index (χ1) is 12.6. The van der Waals surface area contributed by atoms with Gasteiger partial charge in [-0.2, -0.15) is 0 Å². The zero-order valence-electron chi connectivity index (χ0n) is 15.4.